The number of nitrogens with one attached hydrogen (secondary N) is 3. The number of alkyl carbamates (subject to hydrolysis) is 1. The lowest BCUT2D eigenvalue weighted by atomic mass is 9.64. The average molecular weight is 820 g/mol. The third-order valence-electron chi connectivity index (χ3n) is 9.14. The van der Waals surface area contributed by atoms with Crippen LogP contribution in [0.3, 0.4) is 0 Å². The van der Waals surface area contributed by atoms with E-state index in [0.29, 0.717) is 62.4 Å². The number of methoxy groups -OCH3 is 1. The van der Waals surface area contributed by atoms with Gasteiger partial charge >= 0.3 is 12.1 Å². The van der Waals surface area contributed by atoms with E-state index in [1.54, 1.807) is 24.3 Å². The Bertz CT molecular complexity index is 1850. The van der Waals surface area contributed by atoms with Gasteiger partial charge in [0.1, 0.15) is 22.8 Å². The molecule has 56 heavy (non-hydrogen) atoms. The monoisotopic (exact) mass is 818 g/mol. The van der Waals surface area contributed by atoms with Gasteiger partial charge in [0.15, 0.2) is 0 Å². The summed E-state index contributed by atoms with van der Waals surface area (Å²) in [6.07, 6.45) is 0.819. The highest BCUT2D eigenvalue weighted by molar-refractivity contribution is 6.31. The van der Waals surface area contributed by atoms with Crippen LogP contribution >= 0.6 is 23.2 Å². The molecule has 4 atom stereocenters. The molecule has 11 nitrogen and oxygen atoms in total. The van der Waals surface area contributed by atoms with Gasteiger partial charge in [0, 0.05) is 55.3 Å². The van der Waals surface area contributed by atoms with Crippen molar-refractivity contribution in [1.29, 1.82) is 5.26 Å². The third-order valence-corrected chi connectivity index (χ3v) is 9.67. The Morgan fingerprint density at radius 1 is 1.09 bits per heavy atom. The summed E-state index contributed by atoms with van der Waals surface area (Å²) in [4.78, 5) is 34.5. The molecule has 0 saturated carbocycles. The van der Waals surface area contributed by atoms with Crippen LogP contribution in [0.25, 0.3) is 0 Å². The first kappa shape index (κ1) is 45.9. The molecule has 2 fully saturated rings. The molecule has 2 aliphatic rings. The van der Waals surface area contributed by atoms with Gasteiger partial charge in [-0.2, -0.15) is 5.26 Å². The molecular weight excluding hydrogens is 769 g/mol. The van der Waals surface area contributed by atoms with Crippen molar-refractivity contribution in [1.82, 2.24) is 10.6 Å². The van der Waals surface area contributed by atoms with E-state index in [9.17, 15) is 24.0 Å². The lowest BCUT2D eigenvalue weighted by molar-refractivity contribution is -0.105. The summed E-state index contributed by atoms with van der Waals surface area (Å²) < 4.78 is 50.4. The maximum absolute atomic E-state index is 15.0. The normalized spacial score (nSPS) is 19.8. The molecule has 3 unspecified atom stereocenters. The zero-order valence-electron chi connectivity index (χ0n) is 32.6. The second-order valence-corrected chi connectivity index (χ2v) is 15.0. The van der Waals surface area contributed by atoms with Crippen LogP contribution in [0.1, 0.15) is 88.2 Å². The Balaban J connectivity index is 0.000000289. The Morgan fingerprint density at radius 2 is 1.79 bits per heavy atom. The van der Waals surface area contributed by atoms with E-state index in [-0.39, 0.29) is 38.7 Å². The lowest BCUT2D eigenvalue weighted by Gasteiger charge is -2.37. The molecule has 3 aromatic rings. The molecular formula is C41H50Cl2F2N4O7. The first-order valence-corrected chi connectivity index (χ1v) is 19.1. The van der Waals surface area contributed by atoms with Crippen LogP contribution in [0.2, 0.25) is 10.0 Å². The number of hydrogen-bond acceptors (Lipinski definition) is 9. The number of esters is 1. The Kier molecular flexibility index (Phi) is 17.3. The minimum absolute atomic E-state index is 0.0127. The van der Waals surface area contributed by atoms with Crippen molar-refractivity contribution in [3.63, 3.8) is 0 Å². The molecule has 3 N–H and O–H groups in total. The number of nitriles is 1. The summed E-state index contributed by atoms with van der Waals surface area (Å²) in [7, 11) is 1.41. The van der Waals surface area contributed by atoms with Crippen molar-refractivity contribution in [2.45, 2.75) is 90.5 Å². The number of hydrogen-bond donors (Lipinski definition) is 3. The zero-order valence-corrected chi connectivity index (χ0v) is 34.2. The van der Waals surface area contributed by atoms with E-state index in [2.05, 4.69) is 42.8 Å². The van der Waals surface area contributed by atoms with E-state index in [1.165, 1.54) is 44.4 Å². The summed E-state index contributed by atoms with van der Waals surface area (Å²) in [5.74, 6) is -2.12. The van der Waals surface area contributed by atoms with Crippen molar-refractivity contribution < 1.29 is 42.1 Å². The number of ether oxygens (including phenoxy) is 4. The minimum atomic E-state index is -1.30. The first-order chi connectivity index (χ1) is 26.6. The summed E-state index contributed by atoms with van der Waals surface area (Å²) in [6, 6.07) is 15.4. The number of nitrogens with zero attached hydrogens (tertiary/aromatic N) is 1. The van der Waals surface area contributed by atoms with Crippen LogP contribution < -0.4 is 20.7 Å². The topological polar surface area (TPSA) is 148 Å². The average Bonchev–Trinajstić information content (AvgIpc) is 3.50. The molecule has 5 rings (SSSR count). The lowest BCUT2D eigenvalue weighted by Crippen LogP contribution is -2.44. The predicted molar refractivity (Wildman–Crippen MR) is 211 cm³/mol. The van der Waals surface area contributed by atoms with Gasteiger partial charge in [-0.25, -0.2) is 18.4 Å². The highest BCUT2D eigenvalue weighted by atomic mass is 35.5. The molecule has 0 aliphatic carbocycles. The molecule has 3 aromatic carbocycles. The smallest absolute Gasteiger partial charge is 0.410 e. The second-order valence-electron chi connectivity index (χ2n) is 14.1. The van der Waals surface area contributed by atoms with Gasteiger partial charge in [0.2, 0.25) is 12.7 Å². The number of carbonyl (C=O) groups excluding carboxylic acids is 3. The summed E-state index contributed by atoms with van der Waals surface area (Å²) in [6.45, 7) is 13.1. The van der Waals surface area contributed by atoms with Crippen LogP contribution in [-0.2, 0) is 24.4 Å². The molecule has 15 heteroatoms. The van der Waals surface area contributed by atoms with Crippen molar-refractivity contribution in [2.75, 3.05) is 32.2 Å². The number of benzene rings is 3. The van der Waals surface area contributed by atoms with Crippen molar-refractivity contribution >= 4 is 47.4 Å². The largest absolute Gasteiger partial charge is 0.495 e. The van der Waals surface area contributed by atoms with Crippen molar-refractivity contribution in [2.24, 2.45) is 5.41 Å². The highest BCUT2D eigenvalue weighted by Gasteiger charge is 2.55. The molecule has 2 aliphatic heterocycles. The maximum atomic E-state index is 15.0. The Labute approximate surface area is 337 Å². The van der Waals surface area contributed by atoms with Crippen molar-refractivity contribution in [3.8, 4) is 11.8 Å². The fourth-order valence-electron chi connectivity index (χ4n) is 6.67. The summed E-state index contributed by atoms with van der Waals surface area (Å²) in [5.41, 5.74) is -0.272. The molecule has 2 amide bonds. The van der Waals surface area contributed by atoms with Gasteiger partial charge in [-0.15, -0.1) is 0 Å². The molecule has 0 bridgehead atoms. The Morgan fingerprint density at radius 3 is 2.39 bits per heavy atom. The SMILES string of the molecule is CC.CC(C)(C)CC1NCC(c2cccc(Cl)c2F)[C@@]1(C#N)c1ccc(Cl)cc1F.COc1cc(C(=O)OC(C)OC(=O)NC2CCOCC2)ccc1NC=O. The van der Waals surface area contributed by atoms with Crippen LogP contribution in [-0.4, -0.2) is 63.7 Å². The van der Waals surface area contributed by atoms with E-state index in [0.717, 1.165) is 0 Å². The molecule has 0 aromatic heterocycles. The van der Waals surface area contributed by atoms with Crippen LogP contribution in [0.4, 0.5) is 19.3 Å². The molecule has 0 spiro atoms. The van der Waals surface area contributed by atoms with Gasteiger partial charge in [-0.05, 0) is 66.6 Å². The number of carbonyl (C=O) groups is 3. The zero-order chi connectivity index (χ0) is 41.6. The van der Waals surface area contributed by atoms with E-state index in [1.807, 2.05) is 13.8 Å². The molecule has 0 radical (unpaired) electrons. The van der Waals surface area contributed by atoms with Gasteiger partial charge in [0.25, 0.3) is 0 Å². The fourth-order valence-corrected chi connectivity index (χ4v) is 7.01. The fraction of sp³-hybridized carbons (Fsp3) is 0.463. The number of anilines is 1. The molecule has 2 heterocycles. The standard InChI is InChI=1S/C22H22Cl2F2N2.C17H22N2O7.C2H6/c1-21(2,3)10-19-22(12-27,15-8-7-13(23)9-18(15)25)16(11-28-19)14-5-4-6-17(24)20(14)26;1-11(26-17(22)19-13-5-7-24-8-6-13)25-16(21)12-3-4-14(18-10-20)15(9-12)23-2;1-2/h4-9,16,19,28H,10-11H2,1-3H3;3-4,9-11,13H,5-8H2,1-2H3,(H,18,20)(H,19,22);1-2H3/t16?,19?,22-;;/m1../s1. The molecule has 2 saturated heterocycles. The van der Waals surface area contributed by atoms with E-state index >= 15 is 4.39 Å². The van der Waals surface area contributed by atoms with E-state index < -0.39 is 41.3 Å². The quantitative estimate of drug-likeness (QED) is 0.104. The van der Waals surface area contributed by atoms with Gasteiger partial charge in [0.05, 0.1) is 29.5 Å². The number of rotatable bonds is 10. The first-order valence-electron chi connectivity index (χ1n) is 18.3. The third kappa shape index (κ3) is 11.8. The molecule has 304 valence electrons. The van der Waals surface area contributed by atoms with Crippen molar-refractivity contribution in [3.05, 3.63) is 93.0 Å². The summed E-state index contributed by atoms with van der Waals surface area (Å²) in [5, 5.41) is 19.1. The van der Waals surface area contributed by atoms with Gasteiger partial charge in [-0.1, -0.05) is 76.0 Å². The highest BCUT2D eigenvalue weighted by Crippen LogP contribution is 2.50. The van der Waals surface area contributed by atoms with Gasteiger partial charge in [-0.3, -0.25) is 4.79 Å². The summed E-state index contributed by atoms with van der Waals surface area (Å²) >= 11 is 11.9. The number of halogens is 4. The van der Waals surface area contributed by atoms with Crippen LogP contribution in [0.15, 0.2) is 54.6 Å². The Hall–Kier alpha value is -4.48. The maximum Gasteiger partial charge on any atom is 0.410 e. The predicted octanol–water partition coefficient (Wildman–Crippen LogP) is 8.92. The van der Waals surface area contributed by atoms with Crippen LogP contribution in [0, 0.1) is 28.4 Å². The van der Waals surface area contributed by atoms with E-state index in [4.69, 9.17) is 42.1 Å². The van der Waals surface area contributed by atoms with Gasteiger partial charge < -0.3 is 34.9 Å². The number of amides is 2. The second kappa shape index (κ2) is 21.2. The minimum Gasteiger partial charge on any atom is -0.495 e. The van der Waals surface area contributed by atoms with Crippen LogP contribution in [0.5, 0.6) is 5.75 Å².